The zero-order valence-corrected chi connectivity index (χ0v) is 6.89. The Morgan fingerprint density at radius 1 is 1.60 bits per heavy atom. The molecule has 2 unspecified atom stereocenters. The summed E-state index contributed by atoms with van der Waals surface area (Å²) in [5, 5.41) is 3.50. The van der Waals surface area contributed by atoms with Crippen molar-refractivity contribution in [2.75, 3.05) is 13.2 Å². The van der Waals surface area contributed by atoms with Gasteiger partial charge in [0.2, 0.25) is 0 Å². The van der Waals surface area contributed by atoms with Crippen molar-refractivity contribution in [3.05, 3.63) is 0 Å². The van der Waals surface area contributed by atoms with E-state index in [-0.39, 0.29) is 0 Å². The van der Waals surface area contributed by atoms with E-state index in [9.17, 15) is 0 Å². The van der Waals surface area contributed by atoms with Crippen LogP contribution in [0.1, 0.15) is 26.7 Å². The number of hydrogen-bond acceptors (Lipinski definition) is 2. The molecule has 60 valence electrons. The number of hydrogen-bond donors (Lipinski definition) is 1. The van der Waals surface area contributed by atoms with Gasteiger partial charge in [-0.2, -0.15) is 0 Å². The average Bonchev–Trinajstić information content (AvgIpc) is 2.13. The van der Waals surface area contributed by atoms with Crippen LogP contribution in [0, 0.1) is 0 Å². The van der Waals surface area contributed by atoms with Crippen molar-refractivity contribution < 1.29 is 4.74 Å². The van der Waals surface area contributed by atoms with Crippen LogP contribution in [0.4, 0.5) is 0 Å². The van der Waals surface area contributed by atoms with Gasteiger partial charge < -0.3 is 10.1 Å². The fourth-order valence-electron chi connectivity index (χ4n) is 1.34. The molecule has 0 amide bonds. The van der Waals surface area contributed by atoms with E-state index in [1.165, 1.54) is 12.8 Å². The highest BCUT2D eigenvalue weighted by Crippen LogP contribution is 2.04. The Morgan fingerprint density at radius 2 is 2.40 bits per heavy atom. The second kappa shape index (κ2) is 3.94. The summed E-state index contributed by atoms with van der Waals surface area (Å²) in [5.74, 6) is 0. The molecule has 0 bridgehead atoms. The number of rotatable bonds is 1. The van der Waals surface area contributed by atoms with Gasteiger partial charge in [0, 0.05) is 18.7 Å². The average molecular weight is 143 g/mol. The van der Waals surface area contributed by atoms with Gasteiger partial charge in [-0.3, -0.25) is 0 Å². The zero-order chi connectivity index (χ0) is 7.40. The molecular formula is C8H17NO. The van der Waals surface area contributed by atoms with Crippen LogP contribution in [0.2, 0.25) is 0 Å². The molecule has 1 aliphatic rings. The molecule has 1 N–H and O–H groups in total. The quantitative estimate of drug-likeness (QED) is 0.595. The van der Waals surface area contributed by atoms with Crippen LogP contribution in [-0.2, 0) is 4.74 Å². The minimum Gasteiger partial charge on any atom is -0.380 e. The third-order valence-electron chi connectivity index (χ3n) is 1.99. The molecule has 0 aromatic rings. The second-order valence-electron chi connectivity index (χ2n) is 3.04. The third kappa shape index (κ3) is 2.27. The molecule has 1 heterocycles. The third-order valence-corrected chi connectivity index (χ3v) is 1.99. The summed E-state index contributed by atoms with van der Waals surface area (Å²) in [6.45, 7) is 6.19. The van der Waals surface area contributed by atoms with Crippen molar-refractivity contribution >= 4 is 0 Å². The van der Waals surface area contributed by atoms with E-state index >= 15 is 0 Å². The Bertz CT molecular complexity index is 95.3. The minimum absolute atomic E-state index is 0.535. The van der Waals surface area contributed by atoms with Gasteiger partial charge in [-0.1, -0.05) is 6.92 Å². The second-order valence-corrected chi connectivity index (χ2v) is 3.04. The molecule has 0 aromatic carbocycles. The van der Waals surface area contributed by atoms with E-state index < -0.39 is 0 Å². The lowest BCUT2D eigenvalue weighted by Gasteiger charge is -2.15. The molecule has 0 saturated carbocycles. The van der Waals surface area contributed by atoms with Gasteiger partial charge in [-0.15, -0.1) is 0 Å². The normalized spacial score (nSPS) is 35.4. The molecule has 2 nitrogen and oxygen atoms in total. The maximum Gasteiger partial charge on any atom is 0.0617 e. The fraction of sp³-hybridized carbons (Fsp3) is 1.00. The van der Waals surface area contributed by atoms with Crippen molar-refractivity contribution in [1.29, 1.82) is 0 Å². The van der Waals surface area contributed by atoms with E-state index in [0.29, 0.717) is 12.1 Å². The summed E-state index contributed by atoms with van der Waals surface area (Å²) in [6.07, 6.45) is 2.38. The van der Waals surface area contributed by atoms with Crippen LogP contribution < -0.4 is 5.32 Å². The first-order valence-electron chi connectivity index (χ1n) is 4.16. The van der Waals surface area contributed by atoms with Gasteiger partial charge in [-0.25, -0.2) is 0 Å². The molecule has 1 rings (SSSR count). The molecule has 2 atom stereocenters. The molecule has 1 aliphatic heterocycles. The molecule has 2 heteroatoms. The van der Waals surface area contributed by atoms with Gasteiger partial charge in [0.05, 0.1) is 6.61 Å². The molecule has 0 spiro atoms. The van der Waals surface area contributed by atoms with Crippen molar-refractivity contribution in [2.24, 2.45) is 0 Å². The fourth-order valence-corrected chi connectivity index (χ4v) is 1.34. The van der Waals surface area contributed by atoms with Crippen molar-refractivity contribution in [3.8, 4) is 0 Å². The van der Waals surface area contributed by atoms with E-state index in [4.69, 9.17) is 4.74 Å². The Hall–Kier alpha value is -0.0800. The first-order chi connectivity index (χ1) is 4.83. The van der Waals surface area contributed by atoms with E-state index in [0.717, 1.165) is 13.2 Å². The summed E-state index contributed by atoms with van der Waals surface area (Å²) in [4.78, 5) is 0. The molecule has 10 heavy (non-hydrogen) atoms. The summed E-state index contributed by atoms with van der Waals surface area (Å²) in [7, 11) is 0. The first kappa shape index (κ1) is 8.02. The lowest BCUT2D eigenvalue weighted by Crippen LogP contribution is -2.36. The maximum atomic E-state index is 5.38. The van der Waals surface area contributed by atoms with Crippen LogP contribution in [0.3, 0.4) is 0 Å². The lowest BCUT2D eigenvalue weighted by molar-refractivity contribution is 0.134. The van der Waals surface area contributed by atoms with Crippen molar-refractivity contribution in [2.45, 2.75) is 38.8 Å². The largest absolute Gasteiger partial charge is 0.380 e. The van der Waals surface area contributed by atoms with Crippen LogP contribution in [-0.4, -0.2) is 25.3 Å². The molecule has 1 fully saturated rings. The summed E-state index contributed by atoms with van der Waals surface area (Å²) < 4.78 is 5.38. The van der Waals surface area contributed by atoms with Crippen molar-refractivity contribution in [1.82, 2.24) is 5.32 Å². The molecule has 0 aliphatic carbocycles. The van der Waals surface area contributed by atoms with Crippen LogP contribution >= 0.6 is 0 Å². The summed E-state index contributed by atoms with van der Waals surface area (Å²) >= 11 is 0. The van der Waals surface area contributed by atoms with Gasteiger partial charge in [-0.05, 0) is 19.8 Å². The highest BCUT2D eigenvalue weighted by atomic mass is 16.5. The predicted octanol–water partition coefficient (Wildman–Crippen LogP) is 1.16. The highest BCUT2D eigenvalue weighted by molar-refractivity contribution is 4.72. The van der Waals surface area contributed by atoms with Gasteiger partial charge in [0.15, 0.2) is 0 Å². The van der Waals surface area contributed by atoms with E-state index in [1.54, 1.807) is 0 Å². The topological polar surface area (TPSA) is 21.3 Å². The van der Waals surface area contributed by atoms with Gasteiger partial charge >= 0.3 is 0 Å². The minimum atomic E-state index is 0.535. The Kier molecular flexibility index (Phi) is 3.16. The first-order valence-corrected chi connectivity index (χ1v) is 4.16. The summed E-state index contributed by atoms with van der Waals surface area (Å²) in [5.41, 5.74) is 0. The maximum absolute atomic E-state index is 5.38. The van der Waals surface area contributed by atoms with Crippen LogP contribution in [0.15, 0.2) is 0 Å². The monoisotopic (exact) mass is 143 g/mol. The highest BCUT2D eigenvalue weighted by Gasteiger charge is 2.13. The Morgan fingerprint density at radius 3 is 3.10 bits per heavy atom. The molecular weight excluding hydrogens is 126 g/mol. The van der Waals surface area contributed by atoms with Gasteiger partial charge in [0.25, 0.3) is 0 Å². The molecule has 0 aromatic heterocycles. The van der Waals surface area contributed by atoms with Crippen LogP contribution in [0.5, 0.6) is 0 Å². The number of ether oxygens (including phenoxy) is 1. The zero-order valence-electron chi connectivity index (χ0n) is 6.89. The lowest BCUT2D eigenvalue weighted by atomic mass is 10.1. The number of nitrogens with one attached hydrogen (secondary N) is 1. The Balaban J connectivity index is 2.30. The van der Waals surface area contributed by atoms with E-state index in [2.05, 4.69) is 19.2 Å². The standard InChI is InChI=1S/C8H17NO/c1-3-8-4-5-10-6-7(2)9-8/h7-9H,3-6H2,1-2H3. The predicted molar refractivity (Wildman–Crippen MR) is 42.1 cm³/mol. The SMILES string of the molecule is CCC1CCOCC(C)N1. The van der Waals surface area contributed by atoms with E-state index in [1.807, 2.05) is 0 Å². The molecule has 0 radical (unpaired) electrons. The molecule has 1 saturated heterocycles. The van der Waals surface area contributed by atoms with Crippen molar-refractivity contribution in [3.63, 3.8) is 0 Å². The Labute approximate surface area is 63.0 Å². The summed E-state index contributed by atoms with van der Waals surface area (Å²) in [6, 6.07) is 1.21. The van der Waals surface area contributed by atoms with Gasteiger partial charge in [0.1, 0.15) is 0 Å². The smallest absolute Gasteiger partial charge is 0.0617 e. The van der Waals surface area contributed by atoms with Crippen LogP contribution in [0.25, 0.3) is 0 Å².